The second-order valence-corrected chi connectivity index (χ2v) is 6.08. The molecule has 0 unspecified atom stereocenters. The summed E-state index contributed by atoms with van der Waals surface area (Å²) in [6.45, 7) is 11.9. The summed E-state index contributed by atoms with van der Waals surface area (Å²) in [6.07, 6.45) is 3.95. The maximum absolute atomic E-state index is 4.59. The highest BCUT2D eigenvalue weighted by atomic mass is 127. The van der Waals surface area contributed by atoms with Crippen LogP contribution in [-0.2, 0) is 0 Å². The summed E-state index contributed by atoms with van der Waals surface area (Å²) in [5.74, 6) is 2.48. The van der Waals surface area contributed by atoms with E-state index >= 15 is 0 Å². The Kier molecular flexibility index (Phi) is 11.6. The largest absolute Gasteiger partial charge is 0.357 e. The Morgan fingerprint density at radius 2 is 1.90 bits per heavy atom. The molecule has 4 nitrogen and oxygen atoms in total. The highest BCUT2D eigenvalue weighted by molar-refractivity contribution is 14.0. The number of halogens is 1. The molecular weight excluding hydrogens is 363 g/mol. The predicted molar refractivity (Wildman–Crippen MR) is 99.1 cm³/mol. The first-order valence-corrected chi connectivity index (χ1v) is 7.82. The quantitative estimate of drug-likeness (QED) is 0.412. The predicted octanol–water partition coefficient (Wildman–Crippen LogP) is 2.55. The van der Waals surface area contributed by atoms with Gasteiger partial charge in [-0.05, 0) is 58.2 Å². The molecule has 0 saturated carbocycles. The van der Waals surface area contributed by atoms with E-state index in [2.05, 4.69) is 48.3 Å². The van der Waals surface area contributed by atoms with E-state index in [0.29, 0.717) is 5.92 Å². The third-order valence-electron chi connectivity index (χ3n) is 3.64. The third-order valence-corrected chi connectivity index (χ3v) is 3.64. The monoisotopic (exact) mass is 396 g/mol. The molecule has 0 atom stereocenters. The van der Waals surface area contributed by atoms with E-state index in [1.165, 1.54) is 32.4 Å². The summed E-state index contributed by atoms with van der Waals surface area (Å²) in [5.41, 5.74) is 0. The molecule has 1 rings (SSSR count). The van der Waals surface area contributed by atoms with E-state index in [1.807, 2.05) is 0 Å². The zero-order valence-corrected chi connectivity index (χ0v) is 15.9. The molecule has 120 valence electrons. The molecule has 0 aromatic heterocycles. The number of hydrogen-bond acceptors (Lipinski definition) is 2. The van der Waals surface area contributed by atoms with E-state index in [1.54, 1.807) is 0 Å². The van der Waals surface area contributed by atoms with Crippen molar-refractivity contribution >= 4 is 29.9 Å². The molecule has 0 bridgehead atoms. The molecule has 1 heterocycles. The van der Waals surface area contributed by atoms with Crippen molar-refractivity contribution in [3.63, 3.8) is 0 Å². The molecule has 0 aromatic carbocycles. The summed E-state index contributed by atoms with van der Waals surface area (Å²) in [6, 6.07) is 0. The molecule has 1 aliphatic rings. The van der Waals surface area contributed by atoms with Crippen molar-refractivity contribution in [2.24, 2.45) is 16.8 Å². The van der Waals surface area contributed by atoms with Gasteiger partial charge in [-0.2, -0.15) is 0 Å². The molecule has 0 spiro atoms. The lowest BCUT2D eigenvalue weighted by Crippen LogP contribution is -2.39. The zero-order valence-electron chi connectivity index (χ0n) is 13.6. The molecule has 0 aromatic rings. The lowest BCUT2D eigenvalue weighted by Gasteiger charge is -2.29. The Morgan fingerprint density at radius 3 is 2.45 bits per heavy atom. The van der Waals surface area contributed by atoms with Gasteiger partial charge < -0.3 is 15.5 Å². The summed E-state index contributed by atoms with van der Waals surface area (Å²) in [5, 5.41) is 6.77. The van der Waals surface area contributed by atoms with Gasteiger partial charge in [0.1, 0.15) is 0 Å². The van der Waals surface area contributed by atoms with Crippen LogP contribution in [0.2, 0.25) is 0 Å². The lowest BCUT2D eigenvalue weighted by atomic mass is 9.94. The molecule has 0 aliphatic carbocycles. The molecule has 1 aliphatic heterocycles. The van der Waals surface area contributed by atoms with Gasteiger partial charge in [-0.3, -0.25) is 4.99 Å². The van der Waals surface area contributed by atoms with Crippen molar-refractivity contribution in [3.8, 4) is 0 Å². The Balaban J connectivity index is 0.00000361. The van der Waals surface area contributed by atoms with Crippen LogP contribution >= 0.6 is 24.0 Å². The molecule has 5 heteroatoms. The second-order valence-electron chi connectivity index (χ2n) is 6.08. The zero-order chi connectivity index (χ0) is 14.1. The first-order chi connectivity index (χ1) is 9.11. The molecule has 2 N–H and O–H groups in total. The van der Waals surface area contributed by atoms with E-state index in [-0.39, 0.29) is 24.0 Å². The SMILES string of the molecule is CCNC(=NCC(C)C)NCCC1CCN(C)CC1.I. The first kappa shape index (κ1) is 20.0. The number of piperidine rings is 1. The molecule has 1 fully saturated rings. The normalized spacial score (nSPS) is 17.9. The van der Waals surface area contributed by atoms with Crippen LogP contribution < -0.4 is 10.6 Å². The number of nitrogens with zero attached hydrogens (tertiary/aromatic N) is 2. The molecule has 1 saturated heterocycles. The standard InChI is InChI=1S/C15H32N4.HI/c1-5-16-15(18-12-13(2)3)17-9-6-14-7-10-19(4)11-8-14;/h13-14H,5-12H2,1-4H3,(H2,16,17,18);1H. The van der Waals surface area contributed by atoms with Crippen molar-refractivity contribution < 1.29 is 0 Å². The number of aliphatic imine (C=N–C) groups is 1. The smallest absolute Gasteiger partial charge is 0.191 e. The van der Waals surface area contributed by atoms with Crippen molar-refractivity contribution in [2.75, 3.05) is 39.8 Å². The van der Waals surface area contributed by atoms with Crippen LogP contribution in [0.15, 0.2) is 4.99 Å². The Labute approximate surface area is 142 Å². The van der Waals surface area contributed by atoms with Crippen LogP contribution in [-0.4, -0.2) is 50.6 Å². The van der Waals surface area contributed by atoms with E-state index in [9.17, 15) is 0 Å². The van der Waals surface area contributed by atoms with E-state index < -0.39 is 0 Å². The maximum Gasteiger partial charge on any atom is 0.191 e. The minimum Gasteiger partial charge on any atom is -0.357 e. The summed E-state index contributed by atoms with van der Waals surface area (Å²) in [7, 11) is 2.22. The number of likely N-dealkylation sites (tertiary alicyclic amines) is 1. The number of hydrogen-bond donors (Lipinski definition) is 2. The average Bonchev–Trinajstić information content (AvgIpc) is 2.38. The van der Waals surface area contributed by atoms with Gasteiger partial charge in [-0.25, -0.2) is 0 Å². The first-order valence-electron chi connectivity index (χ1n) is 7.82. The van der Waals surface area contributed by atoms with Gasteiger partial charge in [0.05, 0.1) is 0 Å². The fraction of sp³-hybridized carbons (Fsp3) is 0.933. The third kappa shape index (κ3) is 9.00. The fourth-order valence-corrected chi connectivity index (χ4v) is 2.36. The second kappa shape index (κ2) is 11.6. The van der Waals surface area contributed by atoms with Crippen LogP contribution in [0.5, 0.6) is 0 Å². The van der Waals surface area contributed by atoms with Crippen LogP contribution in [0.25, 0.3) is 0 Å². The van der Waals surface area contributed by atoms with Crippen LogP contribution in [0, 0.1) is 11.8 Å². The van der Waals surface area contributed by atoms with Crippen molar-refractivity contribution in [1.82, 2.24) is 15.5 Å². The van der Waals surface area contributed by atoms with Gasteiger partial charge in [0, 0.05) is 19.6 Å². The summed E-state index contributed by atoms with van der Waals surface area (Å²) >= 11 is 0. The average molecular weight is 396 g/mol. The Hall–Kier alpha value is -0.0400. The number of rotatable bonds is 6. The highest BCUT2D eigenvalue weighted by Crippen LogP contribution is 2.18. The topological polar surface area (TPSA) is 39.7 Å². The number of nitrogens with one attached hydrogen (secondary N) is 2. The molecular formula is C15H33IN4. The molecule has 0 amide bonds. The van der Waals surface area contributed by atoms with Crippen molar-refractivity contribution in [3.05, 3.63) is 0 Å². The molecule has 0 radical (unpaired) electrons. The number of guanidine groups is 1. The maximum atomic E-state index is 4.59. The summed E-state index contributed by atoms with van der Waals surface area (Å²) in [4.78, 5) is 7.02. The van der Waals surface area contributed by atoms with E-state index in [4.69, 9.17) is 0 Å². The van der Waals surface area contributed by atoms with Crippen molar-refractivity contribution in [1.29, 1.82) is 0 Å². The lowest BCUT2D eigenvalue weighted by molar-refractivity contribution is 0.213. The van der Waals surface area contributed by atoms with Crippen LogP contribution in [0.1, 0.15) is 40.0 Å². The molecule has 20 heavy (non-hydrogen) atoms. The van der Waals surface area contributed by atoms with Gasteiger partial charge in [0.2, 0.25) is 0 Å². The Morgan fingerprint density at radius 1 is 1.25 bits per heavy atom. The Bertz CT molecular complexity index is 261. The van der Waals surface area contributed by atoms with Crippen molar-refractivity contribution in [2.45, 2.75) is 40.0 Å². The van der Waals surface area contributed by atoms with Gasteiger partial charge in [-0.15, -0.1) is 24.0 Å². The minimum absolute atomic E-state index is 0. The van der Waals surface area contributed by atoms with Gasteiger partial charge in [0.25, 0.3) is 0 Å². The fourth-order valence-electron chi connectivity index (χ4n) is 2.36. The van der Waals surface area contributed by atoms with Gasteiger partial charge >= 0.3 is 0 Å². The van der Waals surface area contributed by atoms with E-state index in [0.717, 1.165) is 31.5 Å². The van der Waals surface area contributed by atoms with Crippen LogP contribution in [0.3, 0.4) is 0 Å². The highest BCUT2D eigenvalue weighted by Gasteiger charge is 2.16. The van der Waals surface area contributed by atoms with Gasteiger partial charge in [0.15, 0.2) is 5.96 Å². The summed E-state index contributed by atoms with van der Waals surface area (Å²) < 4.78 is 0. The minimum atomic E-state index is 0. The van der Waals surface area contributed by atoms with Crippen LogP contribution in [0.4, 0.5) is 0 Å². The van der Waals surface area contributed by atoms with Gasteiger partial charge in [-0.1, -0.05) is 13.8 Å².